The topological polar surface area (TPSA) is 571 Å². The van der Waals surface area contributed by atoms with E-state index in [-0.39, 0.29) is 64.0 Å². The molecular formula is C79H84Cl3FN12O25. The molecular weight excluding hydrogens is 1640 g/mol. The summed E-state index contributed by atoms with van der Waals surface area (Å²) in [6, 6.07) is 4.03. The van der Waals surface area contributed by atoms with Crippen LogP contribution in [0.2, 0.25) is 15.1 Å². The summed E-state index contributed by atoms with van der Waals surface area (Å²) in [5, 5.41) is 138. The van der Waals surface area contributed by atoms with Crippen LogP contribution < -0.4 is 73.3 Å². The number of rotatable bonds is 18. The van der Waals surface area contributed by atoms with Crippen LogP contribution in [0.4, 0.5) is 10.1 Å². The van der Waals surface area contributed by atoms with Crippen LogP contribution in [-0.2, 0) is 59.1 Å². The Morgan fingerprint density at radius 3 is 1.99 bits per heavy atom. The lowest BCUT2D eigenvalue weighted by molar-refractivity contribution is -0.334. The van der Waals surface area contributed by atoms with Crippen LogP contribution in [0.3, 0.4) is 0 Å². The number of ether oxygens (including phenoxy) is 6. The summed E-state index contributed by atoms with van der Waals surface area (Å²) in [7, 11) is 1.46. The van der Waals surface area contributed by atoms with E-state index in [9.17, 15) is 79.5 Å². The Hall–Kier alpha value is -11.2. The SMILES string of the molecule is CNC(CC(C)C)C(=O)NC1C(=O)NC(CC(N)=O)C(=O)NC2C(=O)NC3C(=O)NC(C(=O)NC(C(=O)NO)c4cc(O)cc(O)c4-c4cc3ccc4O)C(O)c3ccc(c(Cl)c3)Oc3cc2cc(c3OC2OC(CO)C(O)C(O)C2OC2CC(C)(NCc3cncc(NC(=O)c4ccc(F)c(Cl)c4)c3)C(O)C(C)O2)Oc2ccc(cc2Cl)C1O. The number of phenols is 3. The quantitative estimate of drug-likeness (QED) is 0.0434. The lowest BCUT2D eigenvalue weighted by Gasteiger charge is -2.48. The number of fused-ring (bicyclic) bond motifs is 15. The number of nitrogens with zero attached hydrogens (tertiary/aromatic N) is 1. The Balaban J connectivity index is 1.02. The molecule has 11 bridgehead atoms. The molecule has 0 spiro atoms. The molecule has 1 aromatic heterocycles. The van der Waals surface area contributed by atoms with Gasteiger partial charge in [0.05, 0.1) is 58.2 Å². The first-order chi connectivity index (χ1) is 56.9. The molecule has 41 heteroatoms. The third-order valence-electron chi connectivity index (χ3n) is 20.8. The van der Waals surface area contributed by atoms with Gasteiger partial charge in [0.2, 0.25) is 53.4 Å². The van der Waals surface area contributed by atoms with Crippen molar-refractivity contribution in [1.29, 1.82) is 0 Å². The van der Waals surface area contributed by atoms with Crippen LogP contribution in [0.5, 0.6) is 46.0 Å². The van der Waals surface area contributed by atoms with Crippen molar-refractivity contribution in [3.05, 3.63) is 175 Å². The van der Waals surface area contributed by atoms with Gasteiger partial charge in [-0.3, -0.25) is 53.3 Å². The number of primary amides is 1. The van der Waals surface area contributed by atoms with E-state index in [0.29, 0.717) is 5.56 Å². The number of carbonyl (C=O) groups is 9. The standard InChI is InChI=1S/C79H84Cl3FN12O25/c1-30(2)14-46(85-5)71(107)93-61-63(101)34-8-12-50(43(81)17-34)116-52-20-37-21-53(67(52)120-78-68(66(104)65(103)54(29-96)118-78)119-56-25-79(4,69(105)31(3)115-56)87-27-32-15-38(28-86-26-32)88-70(106)36-6-10-45(83)42(80)19-36)117-51-13-9-35(18-44(51)82)64(102)62-76(112)92-60(77(113)95-114)41-22-39(97)23-49(99)57(41)40-16-33(7-11-48(40)98)58(73(109)94-62)91-74(110)59(37)90-72(108)47(24-55(84)100)89-75(61)111/h6-13,15-23,26,28,30-31,46-47,54,56,58-66,68-69,78,85,87,96-99,101-105,114H,14,24-25,27,29H2,1-5H3,(H2,84,100)(H,88,106)(H,89,111)(H,90,108)(H,91,110)(H,92,112)(H,93,107)(H,94,109)(H,95,113). The largest absolute Gasteiger partial charge is 0.508 e. The summed E-state index contributed by atoms with van der Waals surface area (Å²) >= 11 is 20.2. The number of nitrogens with two attached hydrogens (primary N) is 1. The highest BCUT2D eigenvalue weighted by molar-refractivity contribution is 6.32. The fourth-order valence-electron chi connectivity index (χ4n) is 14.5. The molecule has 0 radical (unpaired) electrons. The predicted octanol–water partition coefficient (Wildman–Crippen LogP) is 2.80. The van der Waals surface area contributed by atoms with Crippen LogP contribution in [-0.4, -0.2) is 202 Å². The zero-order valence-electron chi connectivity index (χ0n) is 64.0. The van der Waals surface area contributed by atoms with E-state index in [1.807, 2.05) is 13.8 Å². The van der Waals surface area contributed by atoms with Crippen molar-refractivity contribution in [2.45, 2.75) is 163 Å². The van der Waals surface area contributed by atoms with E-state index in [1.165, 1.54) is 50.0 Å². The number of halogens is 4. The van der Waals surface area contributed by atoms with E-state index in [4.69, 9.17) is 69.0 Å². The van der Waals surface area contributed by atoms with Gasteiger partial charge in [-0.25, -0.2) is 9.87 Å². The van der Waals surface area contributed by atoms with Crippen molar-refractivity contribution in [1.82, 2.24) is 53.0 Å². The highest BCUT2D eigenvalue weighted by Crippen LogP contribution is 2.50. The van der Waals surface area contributed by atoms with Crippen molar-refractivity contribution in [2.75, 3.05) is 19.0 Å². The molecule has 14 rings (SSSR count). The van der Waals surface area contributed by atoms with Crippen LogP contribution in [0.1, 0.15) is 121 Å². The van der Waals surface area contributed by atoms with Crippen LogP contribution >= 0.6 is 34.8 Å². The zero-order chi connectivity index (χ0) is 86.8. The van der Waals surface area contributed by atoms with Crippen molar-refractivity contribution >= 4 is 93.7 Å². The number of hydrogen-bond donors (Lipinski definition) is 21. The minimum Gasteiger partial charge on any atom is -0.508 e. The lowest BCUT2D eigenvalue weighted by atomic mass is 9.84. The molecule has 0 aliphatic carbocycles. The molecule has 2 saturated heterocycles. The number of likely N-dealkylation sites (N-methyl/N-ethyl adjacent to an activating group) is 1. The highest BCUT2D eigenvalue weighted by atomic mass is 35.5. The number of aromatic nitrogens is 1. The number of benzene rings is 6. The second-order valence-electron chi connectivity index (χ2n) is 29.8. The summed E-state index contributed by atoms with van der Waals surface area (Å²) in [5.41, 5.74) is 3.55. The van der Waals surface area contributed by atoms with Gasteiger partial charge < -0.3 is 128 Å². The van der Waals surface area contributed by atoms with Crippen LogP contribution in [0.15, 0.2) is 116 Å². The summed E-state index contributed by atoms with van der Waals surface area (Å²) in [4.78, 5) is 136. The Morgan fingerprint density at radius 2 is 1.36 bits per heavy atom. The van der Waals surface area contributed by atoms with Crippen molar-refractivity contribution in [2.24, 2.45) is 11.7 Å². The van der Waals surface area contributed by atoms with Crippen LogP contribution in [0.25, 0.3) is 11.1 Å². The number of aromatic hydroxyl groups is 3. The minimum absolute atomic E-state index is 0.0404. The van der Waals surface area contributed by atoms with Crippen molar-refractivity contribution < 1.29 is 127 Å². The molecule has 6 aromatic carbocycles. The van der Waals surface area contributed by atoms with Gasteiger partial charge in [-0.05, 0) is 145 Å². The number of aliphatic hydroxyl groups is 6. The summed E-state index contributed by atoms with van der Waals surface area (Å²) < 4.78 is 53.3. The number of anilines is 1. The monoisotopic (exact) mass is 1720 g/mol. The second kappa shape index (κ2) is 36.8. The van der Waals surface area contributed by atoms with Crippen molar-refractivity contribution in [3.8, 4) is 57.1 Å². The van der Waals surface area contributed by atoms with Gasteiger partial charge in [0.15, 0.2) is 23.9 Å². The average molecular weight is 1730 g/mol. The molecule has 7 aliphatic heterocycles. The fraction of sp³-hybridized carbons (Fsp3) is 0.367. The molecule has 0 saturated carbocycles. The number of hydroxylamine groups is 1. The number of carbonyl (C=O) groups excluding carboxylic acids is 9. The molecule has 22 N–H and O–H groups in total. The molecule has 2 fully saturated rings. The first-order valence-electron chi connectivity index (χ1n) is 37.3. The normalized spacial score (nSPS) is 26.5. The maximum Gasteiger partial charge on any atom is 0.270 e. The highest BCUT2D eigenvalue weighted by Gasteiger charge is 2.52. The summed E-state index contributed by atoms with van der Waals surface area (Å²) in [6.07, 6.45) is -16.7. The van der Waals surface area contributed by atoms with E-state index in [2.05, 4.69) is 52.8 Å². The number of phenolic OH excluding ortho intramolecular Hbond substituents is 3. The van der Waals surface area contributed by atoms with E-state index in [1.54, 1.807) is 13.0 Å². The molecule has 638 valence electrons. The number of aliphatic hydroxyl groups excluding tert-OH is 6. The third-order valence-corrected chi connectivity index (χ3v) is 21.7. The third kappa shape index (κ3) is 19.2. The van der Waals surface area contributed by atoms with Gasteiger partial charge in [-0.15, -0.1) is 0 Å². The van der Waals surface area contributed by atoms with Crippen LogP contribution in [0, 0.1) is 11.7 Å². The molecule has 18 atom stereocenters. The van der Waals surface area contributed by atoms with Crippen molar-refractivity contribution in [3.63, 3.8) is 0 Å². The van der Waals surface area contributed by atoms with Gasteiger partial charge in [-0.1, -0.05) is 66.8 Å². The summed E-state index contributed by atoms with van der Waals surface area (Å²) in [5.74, 6) is -17.4. The van der Waals surface area contributed by atoms with Gasteiger partial charge in [0.1, 0.15) is 101 Å². The molecule has 8 heterocycles. The first-order valence-corrected chi connectivity index (χ1v) is 38.4. The Morgan fingerprint density at radius 1 is 0.708 bits per heavy atom. The van der Waals surface area contributed by atoms with Gasteiger partial charge >= 0.3 is 0 Å². The number of pyridine rings is 1. The molecule has 9 amide bonds. The van der Waals surface area contributed by atoms with E-state index >= 15 is 19.2 Å². The minimum atomic E-state index is -2.40. The zero-order valence-corrected chi connectivity index (χ0v) is 66.3. The summed E-state index contributed by atoms with van der Waals surface area (Å²) in [6.45, 7) is 5.65. The van der Waals surface area contributed by atoms with Gasteiger partial charge in [0.25, 0.3) is 11.8 Å². The average Bonchev–Trinajstić information content (AvgIpc) is 0.763. The number of hydrogen-bond acceptors (Lipinski definition) is 28. The van der Waals surface area contributed by atoms with E-state index < -0.39 is 254 Å². The smallest absolute Gasteiger partial charge is 0.270 e. The molecule has 18 unspecified atom stereocenters. The first kappa shape index (κ1) is 88.1. The maximum absolute atomic E-state index is 16.2. The number of nitrogens with one attached hydrogen (secondary N) is 10. The van der Waals surface area contributed by atoms with E-state index in [0.717, 1.165) is 78.9 Å². The van der Waals surface area contributed by atoms with Gasteiger partial charge in [-0.2, -0.15) is 0 Å². The van der Waals surface area contributed by atoms with Gasteiger partial charge in [0, 0.05) is 47.5 Å². The maximum atomic E-state index is 16.2. The lowest BCUT2D eigenvalue weighted by Crippen LogP contribution is -2.65. The molecule has 37 nitrogen and oxygen atoms in total. The molecule has 7 aromatic rings. The number of amides is 9. The molecule has 120 heavy (non-hydrogen) atoms. The Kier molecular flexibility index (Phi) is 27.0. The predicted molar refractivity (Wildman–Crippen MR) is 418 cm³/mol. The molecule has 7 aliphatic rings. The fourth-order valence-corrected chi connectivity index (χ4v) is 15.1. The Labute approximate surface area is 696 Å². The second-order valence-corrected chi connectivity index (χ2v) is 31.0. The Bertz CT molecular complexity index is 5160.